The highest BCUT2D eigenvalue weighted by atomic mass is 16.2. The lowest BCUT2D eigenvalue weighted by atomic mass is 10.1. The lowest BCUT2D eigenvalue weighted by molar-refractivity contribution is -0.126. The van der Waals surface area contributed by atoms with E-state index in [2.05, 4.69) is 19.2 Å². The Kier molecular flexibility index (Phi) is 2.11. The van der Waals surface area contributed by atoms with Crippen molar-refractivity contribution in [3.8, 4) is 0 Å². The van der Waals surface area contributed by atoms with Crippen LogP contribution in [0.15, 0.2) is 0 Å². The van der Waals surface area contributed by atoms with Crippen LogP contribution in [0.3, 0.4) is 0 Å². The van der Waals surface area contributed by atoms with Crippen LogP contribution in [0.1, 0.15) is 33.1 Å². The first-order valence-electron chi connectivity index (χ1n) is 5.49. The summed E-state index contributed by atoms with van der Waals surface area (Å²) < 4.78 is 0. The Balaban J connectivity index is 1.74. The molecule has 2 aliphatic rings. The third kappa shape index (κ3) is 1.65. The largest absolute Gasteiger partial charge is 0.355 e. The van der Waals surface area contributed by atoms with Gasteiger partial charge in [-0.3, -0.25) is 4.79 Å². The fourth-order valence-corrected chi connectivity index (χ4v) is 2.00. The van der Waals surface area contributed by atoms with Gasteiger partial charge in [0.2, 0.25) is 5.91 Å². The first-order valence-corrected chi connectivity index (χ1v) is 5.49. The molecule has 14 heavy (non-hydrogen) atoms. The van der Waals surface area contributed by atoms with E-state index in [0.29, 0.717) is 17.9 Å². The predicted octanol–water partition coefficient (Wildman–Crippen LogP) is 0.888. The van der Waals surface area contributed by atoms with E-state index in [-0.39, 0.29) is 11.3 Å². The van der Waals surface area contributed by atoms with Gasteiger partial charge in [-0.1, -0.05) is 13.8 Å². The quantitative estimate of drug-likeness (QED) is 0.701. The van der Waals surface area contributed by atoms with Crippen molar-refractivity contribution in [2.24, 2.45) is 22.5 Å². The minimum Gasteiger partial charge on any atom is -0.355 e. The summed E-state index contributed by atoms with van der Waals surface area (Å²) in [6, 6.07) is 0. The van der Waals surface area contributed by atoms with Gasteiger partial charge in [-0.25, -0.2) is 0 Å². The molecule has 0 spiro atoms. The molecule has 0 radical (unpaired) electrons. The molecule has 0 aromatic rings. The standard InChI is InChI=1S/C11H20N2O/c1-10(2)5-8(10)6-13-9(14)11(7-12)3-4-11/h8H,3-7,12H2,1-2H3,(H,13,14). The van der Waals surface area contributed by atoms with Crippen LogP contribution < -0.4 is 11.1 Å². The first-order chi connectivity index (χ1) is 6.50. The second kappa shape index (κ2) is 2.96. The lowest BCUT2D eigenvalue weighted by Crippen LogP contribution is -2.37. The highest BCUT2D eigenvalue weighted by Gasteiger charge is 2.50. The van der Waals surface area contributed by atoms with Gasteiger partial charge in [0.05, 0.1) is 5.41 Å². The number of hydrogen-bond acceptors (Lipinski definition) is 2. The minimum atomic E-state index is -0.182. The zero-order valence-electron chi connectivity index (χ0n) is 9.10. The molecule has 0 aromatic heterocycles. The Bertz CT molecular complexity index is 256. The Morgan fingerprint density at radius 1 is 1.50 bits per heavy atom. The van der Waals surface area contributed by atoms with E-state index in [1.807, 2.05) is 0 Å². The number of hydrogen-bond donors (Lipinski definition) is 2. The van der Waals surface area contributed by atoms with Crippen molar-refractivity contribution in [2.75, 3.05) is 13.1 Å². The van der Waals surface area contributed by atoms with Crippen molar-refractivity contribution < 1.29 is 4.79 Å². The average Bonchev–Trinajstić information content (AvgIpc) is 2.99. The molecule has 0 heterocycles. The minimum absolute atomic E-state index is 0.182. The molecule has 0 aliphatic heterocycles. The monoisotopic (exact) mass is 196 g/mol. The van der Waals surface area contributed by atoms with Gasteiger partial charge in [0.25, 0.3) is 0 Å². The molecule has 3 nitrogen and oxygen atoms in total. The Morgan fingerprint density at radius 3 is 2.43 bits per heavy atom. The maximum atomic E-state index is 11.7. The Hall–Kier alpha value is -0.570. The van der Waals surface area contributed by atoms with Crippen molar-refractivity contribution in [1.82, 2.24) is 5.32 Å². The lowest BCUT2D eigenvalue weighted by Gasteiger charge is -2.13. The molecule has 2 saturated carbocycles. The molecular weight excluding hydrogens is 176 g/mol. The van der Waals surface area contributed by atoms with Crippen molar-refractivity contribution in [3.05, 3.63) is 0 Å². The summed E-state index contributed by atoms with van der Waals surface area (Å²) >= 11 is 0. The van der Waals surface area contributed by atoms with E-state index in [1.54, 1.807) is 0 Å². The molecule has 1 unspecified atom stereocenters. The number of nitrogens with one attached hydrogen (secondary N) is 1. The third-order valence-electron chi connectivity index (χ3n) is 3.95. The summed E-state index contributed by atoms with van der Waals surface area (Å²) in [5.74, 6) is 0.864. The summed E-state index contributed by atoms with van der Waals surface area (Å²) in [5.41, 5.74) is 5.85. The summed E-state index contributed by atoms with van der Waals surface area (Å²) in [5, 5.41) is 3.03. The number of carbonyl (C=O) groups is 1. The van der Waals surface area contributed by atoms with Gasteiger partial charge in [-0.15, -0.1) is 0 Å². The van der Waals surface area contributed by atoms with Gasteiger partial charge in [0, 0.05) is 13.1 Å². The summed E-state index contributed by atoms with van der Waals surface area (Å²) in [6.07, 6.45) is 3.19. The second-order valence-corrected chi connectivity index (χ2v) is 5.58. The molecule has 1 amide bonds. The van der Waals surface area contributed by atoms with Gasteiger partial charge in [0.15, 0.2) is 0 Å². The van der Waals surface area contributed by atoms with Crippen LogP contribution in [-0.2, 0) is 4.79 Å². The SMILES string of the molecule is CC1(C)CC1CNC(=O)C1(CN)CC1. The van der Waals surface area contributed by atoms with Crippen LogP contribution >= 0.6 is 0 Å². The molecule has 0 saturated heterocycles. The fraction of sp³-hybridized carbons (Fsp3) is 0.909. The van der Waals surface area contributed by atoms with Crippen LogP contribution in [0, 0.1) is 16.7 Å². The third-order valence-corrected chi connectivity index (χ3v) is 3.95. The zero-order valence-corrected chi connectivity index (χ0v) is 9.10. The second-order valence-electron chi connectivity index (χ2n) is 5.58. The topological polar surface area (TPSA) is 55.1 Å². The molecule has 0 aromatic carbocycles. The summed E-state index contributed by atoms with van der Waals surface area (Å²) in [4.78, 5) is 11.7. The molecule has 3 heteroatoms. The average molecular weight is 196 g/mol. The van der Waals surface area contributed by atoms with E-state index in [1.165, 1.54) is 6.42 Å². The maximum Gasteiger partial charge on any atom is 0.227 e. The zero-order chi connectivity index (χ0) is 10.4. The summed E-state index contributed by atoms with van der Waals surface area (Å²) in [7, 11) is 0. The molecule has 2 aliphatic carbocycles. The van der Waals surface area contributed by atoms with Crippen LogP contribution in [0.4, 0.5) is 0 Å². The highest BCUT2D eigenvalue weighted by Crippen LogP contribution is 2.51. The molecule has 80 valence electrons. The Morgan fingerprint density at radius 2 is 2.07 bits per heavy atom. The van der Waals surface area contributed by atoms with Crippen LogP contribution in [0.5, 0.6) is 0 Å². The van der Waals surface area contributed by atoms with E-state index in [9.17, 15) is 4.79 Å². The highest BCUT2D eigenvalue weighted by molar-refractivity contribution is 5.85. The van der Waals surface area contributed by atoms with Crippen molar-refractivity contribution in [2.45, 2.75) is 33.1 Å². The number of amides is 1. The maximum absolute atomic E-state index is 11.7. The normalized spacial score (nSPS) is 30.9. The fourth-order valence-electron chi connectivity index (χ4n) is 2.00. The van der Waals surface area contributed by atoms with Crippen LogP contribution in [0.2, 0.25) is 0 Å². The van der Waals surface area contributed by atoms with Crippen molar-refractivity contribution in [1.29, 1.82) is 0 Å². The van der Waals surface area contributed by atoms with Gasteiger partial charge in [-0.2, -0.15) is 0 Å². The van der Waals surface area contributed by atoms with Gasteiger partial charge in [0.1, 0.15) is 0 Å². The van der Waals surface area contributed by atoms with Gasteiger partial charge in [-0.05, 0) is 30.6 Å². The Labute approximate surface area is 85.4 Å². The van der Waals surface area contributed by atoms with Gasteiger partial charge < -0.3 is 11.1 Å². The van der Waals surface area contributed by atoms with Gasteiger partial charge >= 0.3 is 0 Å². The van der Waals surface area contributed by atoms with Crippen molar-refractivity contribution in [3.63, 3.8) is 0 Å². The van der Waals surface area contributed by atoms with Crippen molar-refractivity contribution >= 4 is 5.91 Å². The molecule has 3 N–H and O–H groups in total. The predicted molar refractivity (Wildman–Crippen MR) is 55.6 cm³/mol. The van der Waals surface area contributed by atoms with Crippen LogP contribution in [0.25, 0.3) is 0 Å². The first kappa shape index (κ1) is 9.97. The van der Waals surface area contributed by atoms with Crippen LogP contribution in [-0.4, -0.2) is 19.0 Å². The number of nitrogens with two attached hydrogens (primary N) is 1. The summed E-state index contributed by atoms with van der Waals surface area (Å²) in [6.45, 7) is 5.85. The molecule has 1 atom stereocenters. The molecule has 2 fully saturated rings. The smallest absolute Gasteiger partial charge is 0.227 e. The van der Waals surface area contributed by atoms with E-state index >= 15 is 0 Å². The number of rotatable bonds is 4. The van der Waals surface area contributed by atoms with E-state index < -0.39 is 0 Å². The molecule has 2 rings (SSSR count). The van der Waals surface area contributed by atoms with E-state index in [4.69, 9.17) is 5.73 Å². The molecular formula is C11H20N2O. The molecule has 0 bridgehead atoms. The van der Waals surface area contributed by atoms with E-state index in [0.717, 1.165) is 19.4 Å². The number of carbonyl (C=O) groups excluding carboxylic acids is 1.